The van der Waals surface area contributed by atoms with Gasteiger partial charge < -0.3 is 0 Å². The van der Waals surface area contributed by atoms with Gasteiger partial charge in [0.2, 0.25) is 0 Å². The molecule has 0 aliphatic carbocycles. The monoisotopic (exact) mass is 349 g/mol. The van der Waals surface area contributed by atoms with E-state index in [0.717, 1.165) is 22.5 Å². The normalized spacial score (nSPS) is 10.7. The summed E-state index contributed by atoms with van der Waals surface area (Å²) < 4.78 is 1.77. The van der Waals surface area contributed by atoms with Crippen LogP contribution >= 0.6 is 11.6 Å². The molecule has 3 rings (SSSR count). The van der Waals surface area contributed by atoms with E-state index in [1.165, 1.54) is 0 Å². The maximum atomic E-state index is 8.77. The van der Waals surface area contributed by atoms with Gasteiger partial charge in [-0.3, -0.25) is 10.1 Å². The van der Waals surface area contributed by atoms with Gasteiger partial charge in [-0.2, -0.15) is 15.5 Å². The maximum Gasteiger partial charge on any atom is 0.101 e. The molecule has 6 heteroatoms. The van der Waals surface area contributed by atoms with Crippen molar-refractivity contribution < 1.29 is 0 Å². The number of hydrazone groups is 1. The van der Waals surface area contributed by atoms with Gasteiger partial charge in [-0.25, -0.2) is 0 Å². The molecule has 0 saturated carbocycles. The number of rotatable bonds is 6. The zero-order valence-electron chi connectivity index (χ0n) is 13.4. The van der Waals surface area contributed by atoms with Crippen LogP contribution in [0.25, 0.3) is 11.3 Å². The Morgan fingerprint density at radius 3 is 2.68 bits per heavy atom. The second-order valence-corrected chi connectivity index (χ2v) is 5.73. The lowest BCUT2D eigenvalue weighted by Crippen LogP contribution is -1.97. The minimum absolute atomic E-state index is 0.407. The van der Waals surface area contributed by atoms with Crippen LogP contribution < -0.4 is 5.43 Å². The van der Waals surface area contributed by atoms with E-state index in [2.05, 4.69) is 21.7 Å². The van der Waals surface area contributed by atoms with Gasteiger partial charge in [-0.15, -0.1) is 0 Å². The summed E-state index contributed by atoms with van der Waals surface area (Å²) in [6, 6.07) is 19.4. The third-order valence-electron chi connectivity index (χ3n) is 3.55. The van der Waals surface area contributed by atoms with Crippen LogP contribution in [0.2, 0.25) is 5.02 Å². The number of benzene rings is 2. The highest BCUT2D eigenvalue weighted by molar-refractivity contribution is 6.33. The molecule has 0 spiro atoms. The molecular formula is C19H16ClN5. The molecule has 0 saturated heterocycles. The Morgan fingerprint density at radius 1 is 1.16 bits per heavy atom. The van der Waals surface area contributed by atoms with Crippen molar-refractivity contribution in [3.63, 3.8) is 0 Å². The average molecular weight is 350 g/mol. The van der Waals surface area contributed by atoms with Crippen LogP contribution in [0.4, 0.5) is 5.69 Å². The summed E-state index contributed by atoms with van der Waals surface area (Å²) in [6.07, 6.45) is 4.00. The quantitative estimate of drug-likeness (QED) is 0.524. The van der Waals surface area contributed by atoms with Crippen molar-refractivity contribution in [3.8, 4) is 17.3 Å². The molecule has 3 aromatic rings. The number of hydrogen-bond donors (Lipinski definition) is 1. The molecule has 2 aromatic carbocycles. The Kier molecular flexibility index (Phi) is 5.45. The number of para-hydroxylation sites is 1. The Labute approximate surface area is 151 Å². The van der Waals surface area contributed by atoms with E-state index >= 15 is 0 Å². The van der Waals surface area contributed by atoms with Crippen molar-refractivity contribution in [1.29, 1.82) is 5.26 Å². The molecule has 1 N–H and O–H groups in total. The van der Waals surface area contributed by atoms with Gasteiger partial charge >= 0.3 is 0 Å². The van der Waals surface area contributed by atoms with Crippen LogP contribution in [0.1, 0.15) is 12.0 Å². The molecule has 0 aliphatic heterocycles. The predicted octanol–water partition coefficient (Wildman–Crippen LogP) is 4.56. The van der Waals surface area contributed by atoms with Crippen molar-refractivity contribution in [2.75, 3.05) is 5.43 Å². The highest BCUT2D eigenvalue weighted by Crippen LogP contribution is 2.22. The number of aryl methyl sites for hydroxylation is 1. The minimum Gasteiger partial charge on any atom is -0.277 e. The van der Waals surface area contributed by atoms with Crippen molar-refractivity contribution in [2.24, 2.45) is 5.10 Å². The van der Waals surface area contributed by atoms with E-state index in [9.17, 15) is 0 Å². The molecule has 5 nitrogen and oxygen atoms in total. The number of nitrogens with zero attached hydrogens (tertiary/aromatic N) is 4. The summed E-state index contributed by atoms with van der Waals surface area (Å²) >= 11 is 6.11. The zero-order valence-corrected chi connectivity index (χ0v) is 14.2. The van der Waals surface area contributed by atoms with E-state index in [-0.39, 0.29) is 0 Å². The van der Waals surface area contributed by atoms with Gasteiger partial charge in [0.25, 0.3) is 0 Å². The predicted molar refractivity (Wildman–Crippen MR) is 101 cm³/mol. The molecule has 0 radical (unpaired) electrons. The molecule has 0 fully saturated rings. The van der Waals surface area contributed by atoms with Crippen LogP contribution in [0.5, 0.6) is 0 Å². The lowest BCUT2D eigenvalue weighted by molar-refractivity contribution is 0.629. The first-order valence-corrected chi connectivity index (χ1v) is 8.19. The summed E-state index contributed by atoms with van der Waals surface area (Å²) in [5.74, 6) is 0. The standard InChI is InChI=1S/C19H16ClN5/c20-17-9-4-5-10-18(17)23-22-13-16-14-25(12-6-11-21)24-19(16)15-7-2-1-3-8-15/h1-5,7-10,13-14,23H,6,12H2/b22-13-. The van der Waals surface area contributed by atoms with E-state index in [4.69, 9.17) is 16.9 Å². The highest BCUT2D eigenvalue weighted by Gasteiger charge is 2.09. The molecule has 1 aromatic heterocycles. The van der Waals surface area contributed by atoms with E-state index in [1.54, 1.807) is 17.0 Å². The van der Waals surface area contributed by atoms with Crippen LogP contribution in [0, 0.1) is 11.3 Å². The molecule has 0 amide bonds. The second kappa shape index (κ2) is 8.13. The van der Waals surface area contributed by atoms with E-state index in [0.29, 0.717) is 18.0 Å². The molecule has 25 heavy (non-hydrogen) atoms. The molecule has 1 heterocycles. The third kappa shape index (κ3) is 4.25. The van der Waals surface area contributed by atoms with Gasteiger partial charge in [0.05, 0.1) is 36.0 Å². The minimum atomic E-state index is 0.407. The van der Waals surface area contributed by atoms with E-state index in [1.807, 2.05) is 54.7 Å². The smallest absolute Gasteiger partial charge is 0.101 e. The van der Waals surface area contributed by atoms with Crippen molar-refractivity contribution >= 4 is 23.5 Å². The lowest BCUT2D eigenvalue weighted by Gasteiger charge is -2.02. The number of aromatic nitrogens is 2. The highest BCUT2D eigenvalue weighted by atomic mass is 35.5. The largest absolute Gasteiger partial charge is 0.277 e. The fraction of sp³-hybridized carbons (Fsp3) is 0.105. The fourth-order valence-electron chi connectivity index (χ4n) is 2.35. The zero-order chi connectivity index (χ0) is 17.5. The second-order valence-electron chi connectivity index (χ2n) is 5.32. The molecule has 124 valence electrons. The van der Waals surface area contributed by atoms with Crippen molar-refractivity contribution in [2.45, 2.75) is 13.0 Å². The van der Waals surface area contributed by atoms with Gasteiger partial charge in [-0.1, -0.05) is 54.1 Å². The number of nitriles is 1. The number of halogens is 1. The summed E-state index contributed by atoms with van der Waals surface area (Å²) in [7, 11) is 0. The van der Waals surface area contributed by atoms with Crippen LogP contribution in [0.15, 0.2) is 65.9 Å². The van der Waals surface area contributed by atoms with Gasteiger partial charge in [0.15, 0.2) is 0 Å². The van der Waals surface area contributed by atoms with Gasteiger partial charge in [-0.05, 0) is 12.1 Å². The topological polar surface area (TPSA) is 66.0 Å². The van der Waals surface area contributed by atoms with Crippen LogP contribution in [0.3, 0.4) is 0 Å². The fourth-order valence-corrected chi connectivity index (χ4v) is 2.53. The molecule has 0 unspecified atom stereocenters. The van der Waals surface area contributed by atoms with E-state index < -0.39 is 0 Å². The average Bonchev–Trinajstić information content (AvgIpc) is 3.05. The molecule has 0 atom stereocenters. The number of nitrogens with one attached hydrogen (secondary N) is 1. The summed E-state index contributed by atoms with van der Waals surface area (Å²) in [5.41, 5.74) is 6.36. The van der Waals surface area contributed by atoms with Crippen LogP contribution in [-0.2, 0) is 6.54 Å². The first kappa shape index (κ1) is 16.7. The third-order valence-corrected chi connectivity index (χ3v) is 3.88. The SMILES string of the molecule is N#CCCn1cc(/C=N\Nc2ccccc2Cl)c(-c2ccccc2)n1. The Bertz CT molecular complexity index is 909. The van der Waals surface area contributed by atoms with Gasteiger partial charge in [0.1, 0.15) is 5.69 Å². The number of anilines is 1. The summed E-state index contributed by atoms with van der Waals surface area (Å²) in [5, 5.41) is 18.2. The first-order chi connectivity index (χ1) is 12.3. The first-order valence-electron chi connectivity index (χ1n) is 7.81. The van der Waals surface area contributed by atoms with Crippen LogP contribution in [-0.4, -0.2) is 16.0 Å². The van der Waals surface area contributed by atoms with Crippen molar-refractivity contribution in [3.05, 3.63) is 71.4 Å². The maximum absolute atomic E-state index is 8.77. The summed E-state index contributed by atoms with van der Waals surface area (Å²) in [4.78, 5) is 0. The van der Waals surface area contributed by atoms with Gasteiger partial charge in [0, 0.05) is 17.3 Å². The number of hydrogen-bond acceptors (Lipinski definition) is 4. The summed E-state index contributed by atoms with van der Waals surface area (Å²) in [6.45, 7) is 0.544. The molecule has 0 aliphatic rings. The Balaban J connectivity index is 1.86. The molecular weight excluding hydrogens is 334 g/mol. The van der Waals surface area contributed by atoms with Crippen molar-refractivity contribution in [1.82, 2.24) is 9.78 Å². The lowest BCUT2D eigenvalue weighted by atomic mass is 10.1. The molecule has 0 bridgehead atoms. The Hall–Kier alpha value is -3.10. The Morgan fingerprint density at radius 2 is 1.92 bits per heavy atom.